The van der Waals surface area contributed by atoms with Crippen molar-refractivity contribution in [1.29, 1.82) is 5.26 Å². The smallest absolute Gasteiger partial charge is 0.237 e. The highest BCUT2D eigenvalue weighted by Crippen LogP contribution is 1.89. The van der Waals surface area contributed by atoms with Crippen LogP contribution >= 0.6 is 0 Å². The van der Waals surface area contributed by atoms with Gasteiger partial charge in [-0.3, -0.25) is 4.79 Å². The first kappa shape index (κ1) is 8.92. The van der Waals surface area contributed by atoms with Crippen molar-refractivity contribution in [3.8, 4) is 6.07 Å². The summed E-state index contributed by atoms with van der Waals surface area (Å²) in [5, 5.41) is 18.9. The summed E-state index contributed by atoms with van der Waals surface area (Å²) in [6.45, 7) is 1.63. The summed E-state index contributed by atoms with van der Waals surface area (Å²) >= 11 is 0. The van der Waals surface area contributed by atoms with Gasteiger partial charge in [-0.1, -0.05) is 0 Å². The standard InChI is InChI=1S/C6H10N2O2/c1-5(4-7)6(10)8-2-3-9/h5,9H,2-3H2,1H3,(H,8,10). The zero-order valence-electron chi connectivity index (χ0n) is 5.79. The maximum atomic E-state index is 10.7. The number of aliphatic hydroxyl groups excluding tert-OH is 1. The molecule has 0 rings (SSSR count). The Bertz CT molecular complexity index is 150. The van der Waals surface area contributed by atoms with Crippen LogP contribution in [-0.2, 0) is 4.79 Å². The van der Waals surface area contributed by atoms with Gasteiger partial charge < -0.3 is 10.4 Å². The van der Waals surface area contributed by atoms with E-state index in [0.717, 1.165) is 0 Å². The first-order valence-electron chi connectivity index (χ1n) is 3.00. The van der Waals surface area contributed by atoms with Crippen molar-refractivity contribution in [2.24, 2.45) is 5.92 Å². The summed E-state index contributed by atoms with van der Waals surface area (Å²) in [5.74, 6) is -0.969. The van der Waals surface area contributed by atoms with E-state index in [2.05, 4.69) is 5.32 Å². The van der Waals surface area contributed by atoms with E-state index in [-0.39, 0.29) is 19.1 Å². The van der Waals surface area contributed by atoms with Gasteiger partial charge in [-0.15, -0.1) is 0 Å². The molecular formula is C6H10N2O2. The second-order valence-electron chi connectivity index (χ2n) is 1.87. The number of hydrogen-bond donors (Lipinski definition) is 2. The third-order valence-electron chi connectivity index (χ3n) is 0.998. The molecule has 2 N–H and O–H groups in total. The summed E-state index contributed by atoms with van der Waals surface area (Å²) < 4.78 is 0. The molecule has 4 heteroatoms. The fourth-order valence-corrected chi connectivity index (χ4v) is 0.391. The Balaban J connectivity index is 3.54. The summed E-state index contributed by atoms with van der Waals surface area (Å²) in [6, 6.07) is 1.78. The Kier molecular flexibility index (Phi) is 4.25. The van der Waals surface area contributed by atoms with Crippen LogP contribution in [0.3, 0.4) is 0 Å². The molecule has 1 unspecified atom stereocenters. The molecule has 0 aromatic carbocycles. The van der Waals surface area contributed by atoms with Crippen molar-refractivity contribution >= 4 is 5.91 Å². The SMILES string of the molecule is CC(C#N)C(=O)NCCO. The summed E-state index contributed by atoms with van der Waals surface area (Å²) in [6.07, 6.45) is 0. The molecule has 0 aliphatic rings. The first-order valence-corrected chi connectivity index (χ1v) is 3.00. The van der Waals surface area contributed by atoms with Gasteiger partial charge in [-0.25, -0.2) is 0 Å². The van der Waals surface area contributed by atoms with E-state index in [1.807, 2.05) is 0 Å². The number of nitrogens with one attached hydrogen (secondary N) is 1. The van der Waals surface area contributed by atoms with E-state index >= 15 is 0 Å². The topological polar surface area (TPSA) is 73.1 Å². The fraction of sp³-hybridized carbons (Fsp3) is 0.667. The Morgan fingerprint density at radius 3 is 2.90 bits per heavy atom. The van der Waals surface area contributed by atoms with Crippen LogP contribution in [0.5, 0.6) is 0 Å². The highest BCUT2D eigenvalue weighted by Gasteiger charge is 2.08. The predicted molar refractivity (Wildman–Crippen MR) is 34.9 cm³/mol. The molecule has 56 valence electrons. The Hall–Kier alpha value is -1.08. The molecule has 0 saturated heterocycles. The molecule has 1 amide bonds. The lowest BCUT2D eigenvalue weighted by Gasteiger charge is -2.02. The summed E-state index contributed by atoms with van der Waals surface area (Å²) in [4.78, 5) is 10.7. The van der Waals surface area contributed by atoms with Crippen LogP contribution in [0.2, 0.25) is 0 Å². The zero-order valence-corrected chi connectivity index (χ0v) is 5.79. The van der Waals surface area contributed by atoms with Crippen LogP contribution in [0.25, 0.3) is 0 Å². The van der Waals surface area contributed by atoms with Gasteiger partial charge in [-0.05, 0) is 6.92 Å². The van der Waals surface area contributed by atoms with E-state index < -0.39 is 5.92 Å². The largest absolute Gasteiger partial charge is 0.395 e. The van der Waals surface area contributed by atoms with Crippen LogP contribution in [0.4, 0.5) is 0 Å². The highest BCUT2D eigenvalue weighted by atomic mass is 16.3. The minimum absolute atomic E-state index is 0.0934. The maximum absolute atomic E-state index is 10.7. The van der Waals surface area contributed by atoms with Gasteiger partial charge in [0.25, 0.3) is 0 Å². The van der Waals surface area contributed by atoms with Crippen molar-refractivity contribution in [2.75, 3.05) is 13.2 Å². The number of nitrogens with zero attached hydrogens (tertiary/aromatic N) is 1. The van der Waals surface area contributed by atoms with Crippen molar-refractivity contribution in [1.82, 2.24) is 5.32 Å². The van der Waals surface area contributed by atoms with Crippen LogP contribution < -0.4 is 5.32 Å². The molecule has 0 aliphatic carbocycles. The predicted octanol–water partition coefficient (Wildman–Crippen LogP) is -0.745. The number of rotatable bonds is 3. The summed E-state index contributed by atoms with van der Waals surface area (Å²) in [5.41, 5.74) is 0. The van der Waals surface area contributed by atoms with Crippen LogP contribution in [0, 0.1) is 17.2 Å². The van der Waals surface area contributed by atoms with Crippen molar-refractivity contribution in [3.05, 3.63) is 0 Å². The van der Waals surface area contributed by atoms with Gasteiger partial charge in [0, 0.05) is 6.54 Å². The molecule has 4 nitrogen and oxygen atoms in total. The lowest BCUT2D eigenvalue weighted by atomic mass is 10.2. The molecular weight excluding hydrogens is 132 g/mol. The molecule has 0 spiro atoms. The van der Waals surface area contributed by atoms with Crippen LogP contribution in [0.15, 0.2) is 0 Å². The van der Waals surface area contributed by atoms with Gasteiger partial charge in [0.05, 0.1) is 12.7 Å². The Labute approximate surface area is 59.5 Å². The Morgan fingerprint density at radius 2 is 2.50 bits per heavy atom. The lowest BCUT2D eigenvalue weighted by molar-refractivity contribution is -0.123. The van der Waals surface area contributed by atoms with Crippen molar-refractivity contribution in [2.45, 2.75) is 6.92 Å². The van der Waals surface area contributed by atoms with E-state index in [4.69, 9.17) is 10.4 Å². The molecule has 0 fully saturated rings. The zero-order chi connectivity index (χ0) is 7.98. The van der Waals surface area contributed by atoms with Crippen molar-refractivity contribution < 1.29 is 9.90 Å². The van der Waals surface area contributed by atoms with Gasteiger partial charge >= 0.3 is 0 Å². The number of amides is 1. The molecule has 0 bridgehead atoms. The highest BCUT2D eigenvalue weighted by molar-refractivity contribution is 5.80. The van der Waals surface area contributed by atoms with Gasteiger partial charge in [0.1, 0.15) is 5.92 Å². The summed E-state index contributed by atoms with van der Waals surface area (Å²) in [7, 11) is 0. The third kappa shape index (κ3) is 3.05. The number of carbonyl (C=O) groups is 1. The van der Waals surface area contributed by atoms with E-state index in [9.17, 15) is 4.79 Å². The molecule has 0 aliphatic heterocycles. The minimum Gasteiger partial charge on any atom is -0.395 e. The maximum Gasteiger partial charge on any atom is 0.237 e. The molecule has 10 heavy (non-hydrogen) atoms. The van der Waals surface area contributed by atoms with Gasteiger partial charge in [-0.2, -0.15) is 5.26 Å². The first-order chi connectivity index (χ1) is 4.72. The normalized spacial score (nSPS) is 11.7. The number of carbonyl (C=O) groups excluding carboxylic acids is 1. The third-order valence-corrected chi connectivity index (χ3v) is 0.998. The van der Waals surface area contributed by atoms with Crippen LogP contribution in [0.1, 0.15) is 6.92 Å². The molecule has 0 radical (unpaired) electrons. The van der Waals surface area contributed by atoms with Crippen LogP contribution in [-0.4, -0.2) is 24.2 Å². The second kappa shape index (κ2) is 4.77. The number of aliphatic hydroxyl groups is 1. The van der Waals surface area contributed by atoms with Gasteiger partial charge in [0.15, 0.2) is 0 Å². The molecule has 0 aromatic heterocycles. The van der Waals surface area contributed by atoms with E-state index in [1.165, 1.54) is 6.92 Å². The lowest BCUT2D eigenvalue weighted by Crippen LogP contribution is -2.30. The minimum atomic E-state index is -0.633. The molecule has 1 atom stereocenters. The van der Waals surface area contributed by atoms with Gasteiger partial charge in [0.2, 0.25) is 5.91 Å². The quantitative estimate of drug-likeness (QED) is 0.544. The monoisotopic (exact) mass is 142 g/mol. The second-order valence-corrected chi connectivity index (χ2v) is 1.87. The molecule has 0 aromatic rings. The average molecular weight is 142 g/mol. The Morgan fingerprint density at radius 1 is 1.90 bits per heavy atom. The molecule has 0 heterocycles. The average Bonchev–Trinajstić information content (AvgIpc) is 1.98. The van der Waals surface area contributed by atoms with E-state index in [0.29, 0.717) is 0 Å². The number of hydrogen-bond acceptors (Lipinski definition) is 3. The van der Waals surface area contributed by atoms with Crippen molar-refractivity contribution in [3.63, 3.8) is 0 Å². The fourth-order valence-electron chi connectivity index (χ4n) is 0.391. The number of nitriles is 1. The molecule has 0 saturated carbocycles. The van der Waals surface area contributed by atoms with E-state index in [1.54, 1.807) is 6.07 Å².